The Kier molecular flexibility index (Phi) is 4.92. The Hall–Kier alpha value is -0.530. The first-order valence-corrected chi connectivity index (χ1v) is 8.44. The lowest BCUT2D eigenvalue weighted by molar-refractivity contribution is -0.150. The van der Waals surface area contributed by atoms with Crippen LogP contribution in [-0.2, 0) is 14.3 Å². The van der Waals surface area contributed by atoms with E-state index in [1.807, 2.05) is 6.92 Å². The number of carbonyl (C=O) groups is 2. The highest BCUT2D eigenvalue weighted by Gasteiger charge is 2.51. The Bertz CT molecular complexity index is 427. The molecule has 2 atom stereocenters. The van der Waals surface area contributed by atoms with Crippen molar-refractivity contribution in [2.75, 3.05) is 17.7 Å². The van der Waals surface area contributed by atoms with Crippen LogP contribution in [-0.4, -0.2) is 45.9 Å². The molecular weight excluding hydrogens is 332 g/mol. The number of thioether (sulfide) groups is 1. The number of esters is 1. The molecule has 0 radical (unpaired) electrons. The normalized spacial score (nSPS) is 26.1. The summed E-state index contributed by atoms with van der Waals surface area (Å²) >= 11 is 4.95. The molecule has 106 valence electrons. The molecule has 2 aliphatic heterocycles. The summed E-state index contributed by atoms with van der Waals surface area (Å²) in [4.78, 5) is 25.5. The molecular formula is C12H17BrN2O3S. The average molecular weight is 349 g/mol. The van der Waals surface area contributed by atoms with Gasteiger partial charge >= 0.3 is 5.97 Å². The maximum atomic E-state index is 12.1. The number of ether oxygens (including phenoxy) is 1. The second-order valence-corrected chi connectivity index (χ2v) is 6.18. The lowest BCUT2D eigenvalue weighted by atomic mass is 10.0. The number of carbonyl (C=O) groups excluding carboxylic acids is 2. The third kappa shape index (κ3) is 2.68. The Balaban J connectivity index is 2.15. The second-order valence-electron chi connectivity index (χ2n) is 4.51. The number of nitrogens with two attached hydrogens (primary N) is 1. The Morgan fingerprint density at radius 2 is 2.37 bits per heavy atom. The zero-order chi connectivity index (χ0) is 14.0. The molecule has 0 aromatic heterocycles. The van der Waals surface area contributed by atoms with Gasteiger partial charge in [0.25, 0.3) is 0 Å². The summed E-state index contributed by atoms with van der Waals surface area (Å²) in [6.07, 6.45) is 1.79. The summed E-state index contributed by atoms with van der Waals surface area (Å²) in [6.45, 7) is 2.42. The van der Waals surface area contributed by atoms with E-state index in [0.717, 1.165) is 18.4 Å². The van der Waals surface area contributed by atoms with E-state index in [2.05, 4.69) is 15.9 Å². The molecule has 2 N–H and O–H groups in total. The highest BCUT2D eigenvalue weighted by molar-refractivity contribution is 9.09. The molecule has 5 nitrogen and oxygen atoms in total. The third-order valence-corrected chi connectivity index (χ3v) is 5.21. The van der Waals surface area contributed by atoms with Crippen LogP contribution in [0.2, 0.25) is 0 Å². The van der Waals surface area contributed by atoms with Crippen molar-refractivity contribution in [3.8, 4) is 0 Å². The van der Waals surface area contributed by atoms with Crippen LogP contribution in [0, 0.1) is 0 Å². The van der Waals surface area contributed by atoms with Gasteiger partial charge in [0, 0.05) is 11.1 Å². The summed E-state index contributed by atoms with van der Waals surface area (Å²) in [5.41, 5.74) is 7.03. The fourth-order valence-corrected chi connectivity index (χ4v) is 4.07. The van der Waals surface area contributed by atoms with Crippen molar-refractivity contribution in [1.82, 2.24) is 4.90 Å². The largest absolute Gasteiger partial charge is 0.461 e. The molecule has 0 aromatic rings. The summed E-state index contributed by atoms with van der Waals surface area (Å²) in [5, 5.41) is 0.438. The molecule has 0 aromatic carbocycles. The number of β-lactam (4-membered cyclic amide) rings is 1. The summed E-state index contributed by atoms with van der Waals surface area (Å²) in [6, 6.07) is -0.500. The van der Waals surface area contributed by atoms with Gasteiger partial charge in [0.2, 0.25) is 5.91 Å². The van der Waals surface area contributed by atoms with E-state index in [0.29, 0.717) is 23.4 Å². The molecule has 19 heavy (non-hydrogen) atoms. The van der Waals surface area contributed by atoms with Gasteiger partial charge in [0.05, 0.1) is 6.61 Å². The Labute approximate surface area is 125 Å². The number of hydrogen-bond acceptors (Lipinski definition) is 5. The van der Waals surface area contributed by atoms with Gasteiger partial charge in [-0.1, -0.05) is 29.3 Å². The smallest absolute Gasteiger partial charge is 0.355 e. The van der Waals surface area contributed by atoms with E-state index in [4.69, 9.17) is 10.5 Å². The Morgan fingerprint density at radius 1 is 1.63 bits per heavy atom. The maximum Gasteiger partial charge on any atom is 0.355 e. The van der Waals surface area contributed by atoms with Crippen molar-refractivity contribution in [3.05, 3.63) is 11.3 Å². The van der Waals surface area contributed by atoms with Crippen LogP contribution in [0.5, 0.6) is 0 Å². The van der Waals surface area contributed by atoms with E-state index in [1.165, 1.54) is 4.90 Å². The van der Waals surface area contributed by atoms with Gasteiger partial charge in [0.15, 0.2) is 0 Å². The van der Waals surface area contributed by atoms with Crippen molar-refractivity contribution in [3.63, 3.8) is 0 Å². The summed E-state index contributed by atoms with van der Waals surface area (Å²) in [5.74, 6) is 0.0950. The SMILES string of the molecule is CCCCOC(=O)C1=C(CBr)CS[C@H]2C(N)C(=O)N12. The number of amides is 1. The number of halogens is 1. The minimum atomic E-state index is -0.500. The summed E-state index contributed by atoms with van der Waals surface area (Å²) < 4.78 is 5.23. The van der Waals surface area contributed by atoms with Crippen molar-refractivity contribution < 1.29 is 14.3 Å². The highest BCUT2D eigenvalue weighted by atomic mass is 79.9. The van der Waals surface area contributed by atoms with Crippen LogP contribution in [0.1, 0.15) is 19.8 Å². The molecule has 1 amide bonds. The summed E-state index contributed by atoms with van der Waals surface area (Å²) in [7, 11) is 0. The molecule has 1 unspecified atom stereocenters. The lowest BCUT2D eigenvalue weighted by Crippen LogP contribution is -2.68. The number of rotatable bonds is 5. The van der Waals surface area contributed by atoms with E-state index in [9.17, 15) is 9.59 Å². The van der Waals surface area contributed by atoms with Crippen LogP contribution >= 0.6 is 27.7 Å². The molecule has 0 spiro atoms. The molecule has 2 rings (SSSR count). The zero-order valence-corrected chi connectivity index (χ0v) is 13.1. The standard InChI is InChI=1S/C12H17BrN2O3S/c1-2-3-4-18-12(17)9-7(5-13)6-19-11-8(14)10(16)15(9)11/h8,11H,2-6,14H2,1H3/t8?,11-/m0/s1. The van der Waals surface area contributed by atoms with Crippen LogP contribution in [0.3, 0.4) is 0 Å². The predicted octanol–water partition coefficient (Wildman–Crippen LogP) is 1.22. The van der Waals surface area contributed by atoms with E-state index in [-0.39, 0.29) is 11.3 Å². The number of fused-ring (bicyclic) bond motifs is 1. The van der Waals surface area contributed by atoms with Gasteiger partial charge in [-0.3, -0.25) is 9.69 Å². The van der Waals surface area contributed by atoms with Gasteiger partial charge in [-0.25, -0.2) is 4.79 Å². The minimum Gasteiger partial charge on any atom is -0.461 e. The quantitative estimate of drug-likeness (QED) is 0.350. The molecule has 0 saturated carbocycles. The van der Waals surface area contributed by atoms with Crippen LogP contribution in [0.15, 0.2) is 11.3 Å². The molecule has 0 bridgehead atoms. The molecule has 0 aliphatic carbocycles. The molecule has 2 heterocycles. The molecule has 7 heteroatoms. The maximum absolute atomic E-state index is 12.1. The van der Waals surface area contributed by atoms with Gasteiger partial charge in [0.1, 0.15) is 17.1 Å². The van der Waals surface area contributed by atoms with Crippen LogP contribution in [0.4, 0.5) is 0 Å². The first-order chi connectivity index (χ1) is 9.11. The van der Waals surface area contributed by atoms with Crippen LogP contribution < -0.4 is 5.73 Å². The van der Waals surface area contributed by atoms with Gasteiger partial charge in [-0.15, -0.1) is 11.8 Å². The van der Waals surface area contributed by atoms with Crippen molar-refractivity contribution in [2.24, 2.45) is 5.73 Å². The van der Waals surface area contributed by atoms with E-state index < -0.39 is 12.0 Å². The monoisotopic (exact) mass is 348 g/mol. The first kappa shape index (κ1) is 14.9. The number of nitrogens with zero attached hydrogens (tertiary/aromatic N) is 1. The van der Waals surface area contributed by atoms with E-state index >= 15 is 0 Å². The van der Waals surface area contributed by atoms with Crippen molar-refractivity contribution in [1.29, 1.82) is 0 Å². The van der Waals surface area contributed by atoms with Gasteiger partial charge in [-0.05, 0) is 12.0 Å². The zero-order valence-electron chi connectivity index (χ0n) is 10.7. The van der Waals surface area contributed by atoms with Crippen molar-refractivity contribution >= 4 is 39.6 Å². The lowest BCUT2D eigenvalue weighted by Gasteiger charge is -2.48. The fourth-order valence-electron chi connectivity index (χ4n) is 2.05. The fraction of sp³-hybridized carbons (Fsp3) is 0.667. The average Bonchev–Trinajstić information content (AvgIpc) is 2.44. The number of alkyl halides is 1. The van der Waals surface area contributed by atoms with Crippen LogP contribution in [0.25, 0.3) is 0 Å². The minimum absolute atomic E-state index is 0.121. The second kappa shape index (κ2) is 6.28. The third-order valence-electron chi connectivity index (χ3n) is 3.17. The first-order valence-electron chi connectivity index (χ1n) is 6.27. The van der Waals surface area contributed by atoms with Gasteiger partial charge in [-0.2, -0.15) is 0 Å². The topological polar surface area (TPSA) is 72.6 Å². The number of hydrogen-bond donors (Lipinski definition) is 1. The molecule has 1 fully saturated rings. The van der Waals surface area contributed by atoms with E-state index in [1.54, 1.807) is 11.8 Å². The molecule has 2 aliphatic rings. The highest BCUT2D eigenvalue weighted by Crippen LogP contribution is 2.40. The van der Waals surface area contributed by atoms with Crippen molar-refractivity contribution in [2.45, 2.75) is 31.2 Å². The predicted molar refractivity (Wildman–Crippen MR) is 77.8 cm³/mol. The molecule has 1 saturated heterocycles. The Morgan fingerprint density at radius 3 is 3.00 bits per heavy atom. The van der Waals surface area contributed by atoms with Gasteiger partial charge < -0.3 is 10.5 Å². The number of unbranched alkanes of at least 4 members (excludes halogenated alkanes) is 1.